The average Bonchev–Trinajstić information content (AvgIpc) is 3.32. The Labute approximate surface area is 131 Å². The molecule has 1 aliphatic carbocycles. The van der Waals surface area contributed by atoms with Crippen LogP contribution in [0.1, 0.15) is 43.5 Å². The van der Waals surface area contributed by atoms with Gasteiger partial charge >= 0.3 is 0 Å². The molecule has 0 heterocycles. The number of hydrogen-bond donors (Lipinski definition) is 3. The van der Waals surface area contributed by atoms with Gasteiger partial charge < -0.3 is 15.7 Å². The van der Waals surface area contributed by atoms with Gasteiger partial charge in [0.25, 0.3) is 5.91 Å². The smallest absolute Gasteiger partial charge is 0.251 e. The summed E-state index contributed by atoms with van der Waals surface area (Å²) in [5.74, 6) is 0.0213. The second kappa shape index (κ2) is 6.92. The van der Waals surface area contributed by atoms with Gasteiger partial charge in [0.2, 0.25) is 5.91 Å². The monoisotopic (exact) mass is 304 g/mol. The zero-order valence-electron chi connectivity index (χ0n) is 13.1. The second-order valence-corrected chi connectivity index (χ2v) is 6.34. The predicted molar refractivity (Wildman–Crippen MR) is 84.3 cm³/mol. The van der Waals surface area contributed by atoms with E-state index in [2.05, 4.69) is 10.6 Å². The molecule has 1 aromatic rings. The van der Waals surface area contributed by atoms with Crippen molar-refractivity contribution in [3.05, 3.63) is 35.9 Å². The van der Waals surface area contributed by atoms with Crippen LogP contribution < -0.4 is 10.6 Å². The third-order valence-corrected chi connectivity index (χ3v) is 4.14. The first-order valence-electron chi connectivity index (χ1n) is 7.72. The number of aliphatic hydroxyl groups is 1. The van der Waals surface area contributed by atoms with Crippen LogP contribution in [0.25, 0.3) is 0 Å². The van der Waals surface area contributed by atoms with Crippen LogP contribution in [0.2, 0.25) is 0 Å². The van der Waals surface area contributed by atoms with E-state index >= 15 is 0 Å². The summed E-state index contributed by atoms with van der Waals surface area (Å²) in [5, 5.41) is 15.2. The third-order valence-electron chi connectivity index (χ3n) is 4.14. The number of benzene rings is 1. The van der Waals surface area contributed by atoms with E-state index in [1.54, 1.807) is 31.2 Å². The van der Waals surface area contributed by atoms with Gasteiger partial charge in [0, 0.05) is 18.0 Å². The van der Waals surface area contributed by atoms with Gasteiger partial charge in [-0.25, -0.2) is 0 Å². The molecule has 120 valence electrons. The fourth-order valence-electron chi connectivity index (χ4n) is 2.59. The summed E-state index contributed by atoms with van der Waals surface area (Å²) in [7, 11) is 0. The molecule has 0 bridgehead atoms. The van der Waals surface area contributed by atoms with Gasteiger partial charge in [-0.2, -0.15) is 0 Å². The van der Waals surface area contributed by atoms with Crippen molar-refractivity contribution in [2.45, 2.75) is 44.7 Å². The normalized spacial score (nSPS) is 18.1. The minimum Gasteiger partial charge on any atom is -0.394 e. The maximum absolute atomic E-state index is 12.1. The van der Waals surface area contributed by atoms with Crippen LogP contribution in [-0.4, -0.2) is 35.1 Å². The number of aliphatic hydroxyl groups excluding tert-OH is 1. The third kappa shape index (κ3) is 4.31. The Hall–Kier alpha value is -1.88. The van der Waals surface area contributed by atoms with Gasteiger partial charge in [0.15, 0.2) is 0 Å². The van der Waals surface area contributed by atoms with Crippen LogP contribution in [0.4, 0.5) is 0 Å². The van der Waals surface area contributed by atoms with Crippen molar-refractivity contribution in [1.29, 1.82) is 0 Å². The van der Waals surface area contributed by atoms with Gasteiger partial charge in [0.1, 0.15) is 0 Å². The zero-order valence-corrected chi connectivity index (χ0v) is 13.1. The Kier molecular flexibility index (Phi) is 5.19. The first-order valence-corrected chi connectivity index (χ1v) is 7.72. The molecule has 3 N–H and O–H groups in total. The van der Waals surface area contributed by atoms with E-state index in [0.29, 0.717) is 11.5 Å². The SMILES string of the molecule is CC(CC(=O)NC(C)(CO)C1CC1)NC(=O)c1ccccc1. The van der Waals surface area contributed by atoms with Gasteiger partial charge in [-0.15, -0.1) is 0 Å². The molecule has 2 amide bonds. The Morgan fingerprint density at radius 1 is 1.32 bits per heavy atom. The Morgan fingerprint density at radius 3 is 2.50 bits per heavy atom. The molecule has 0 spiro atoms. The maximum Gasteiger partial charge on any atom is 0.251 e. The highest BCUT2D eigenvalue weighted by Crippen LogP contribution is 2.39. The standard InChI is InChI=1S/C17H24N2O3/c1-12(18-16(22)13-6-4-3-5-7-13)10-15(21)19-17(2,11-20)14-8-9-14/h3-7,12,14,20H,8-11H2,1-2H3,(H,18,22)(H,19,21). The first-order chi connectivity index (χ1) is 10.4. The quantitative estimate of drug-likeness (QED) is 0.714. The van der Waals surface area contributed by atoms with E-state index in [1.807, 2.05) is 13.0 Å². The number of nitrogens with one attached hydrogen (secondary N) is 2. The number of rotatable bonds is 7. The van der Waals surface area contributed by atoms with Gasteiger partial charge in [-0.1, -0.05) is 18.2 Å². The lowest BCUT2D eigenvalue weighted by atomic mass is 9.96. The first kappa shape index (κ1) is 16.5. The summed E-state index contributed by atoms with van der Waals surface area (Å²) in [6, 6.07) is 8.65. The molecule has 5 nitrogen and oxygen atoms in total. The molecule has 0 aliphatic heterocycles. The van der Waals surface area contributed by atoms with Crippen LogP contribution in [0.3, 0.4) is 0 Å². The van der Waals surface area contributed by atoms with Crippen molar-refractivity contribution in [2.75, 3.05) is 6.61 Å². The number of carbonyl (C=O) groups excluding carboxylic acids is 2. The molecular weight excluding hydrogens is 280 g/mol. The molecule has 1 aliphatic rings. The Morgan fingerprint density at radius 2 is 1.95 bits per heavy atom. The molecule has 0 aromatic heterocycles. The van der Waals surface area contributed by atoms with Gasteiger partial charge in [-0.3, -0.25) is 9.59 Å². The number of amides is 2. The average molecular weight is 304 g/mol. The van der Waals surface area contributed by atoms with E-state index in [0.717, 1.165) is 12.8 Å². The van der Waals surface area contributed by atoms with Gasteiger partial charge in [0.05, 0.1) is 12.1 Å². The molecule has 1 aromatic carbocycles. The topological polar surface area (TPSA) is 78.4 Å². The molecule has 2 atom stereocenters. The molecule has 5 heteroatoms. The van der Waals surface area contributed by atoms with Crippen molar-refractivity contribution < 1.29 is 14.7 Å². The molecule has 0 saturated heterocycles. The Bertz CT molecular complexity index is 528. The van der Waals surface area contributed by atoms with Crippen LogP contribution >= 0.6 is 0 Å². The fraction of sp³-hybridized carbons (Fsp3) is 0.529. The Balaban J connectivity index is 1.82. The molecular formula is C17H24N2O3. The highest BCUT2D eigenvalue weighted by atomic mass is 16.3. The maximum atomic E-state index is 12.1. The van der Waals surface area contributed by atoms with Crippen molar-refractivity contribution in [2.24, 2.45) is 5.92 Å². The van der Waals surface area contributed by atoms with Crippen LogP contribution in [0.15, 0.2) is 30.3 Å². The van der Waals surface area contributed by atoms with E-state index in [-0.39, 0.29) is 30.9 Å². The summed E-state index contributed by atoms with van der Waals surface area (Å²) in [4.78, 5) is 24.1. The van der Waals surface area contributed by atoms with Crippen molar-refractivity contribution in [3.63, 3.8) is 0 Å². The molecule has 22 heavy (non-hydrogen) atoms. The van der Waals surface area contributed by atoms with E-state index in [9.17, 15) is 14.7 Å². The van der Waals surface area contributed by atoms with Crippen molar-refractivity contribution in [1.82, 2.24) is 10.6 Å². The van der Waals surface area contributed by atoms with Crippen molar-refractivity contribution in [3.8, 4) is 0 Å². The lowest BCUT2D eigenvalue weighted by molar-refractivity contribution is -0.124. The predicted octanol–water partition coefficient (Wildman–Crippen LogP) is 1.47. The van der Waals surface area contributed by atoms with E-state index in [1.165, 1.54) is 0 Å². The van der Waals surface area contributed by atoms with Crippen molar-refractivity contribution >= 4 is 11.8 Å². The highest BCUT2D eigenvalue weighted by Gasteiger charge is 2.42. The summed E-state index contributed by atoms with van der Waals surface area (Å²) < 4.78 is 0. The molecule has 2 rings (SSSR count). The zero-order chi connectivity index (χ0) is 16.2. The fourth-order valence-corrected chi connectivity index (χ4v) is 2.59. The van der Waals surface area contributed by atoms with Crippen LogP contribution in [0.5, 0.6) is 0 Å². The summed E-state index contributed by atoms with van der Waals surface area (Å²) in [6.45, 7) is 3.61. The number of hydrogen-bond acceptors (Lipinski definition) is 3. The molecule has 1 saturated carbocycles. The van der Waals surface area contributed by atoms with Gasteiger partial charge in [-0.05, 0) is 44.7 Å². The lowest BCUT2D eigenvalue weighted by Gasteiger charge is -2.29. The van der Waals surface area contributed by atoms with Crippen LogP contribution in [0, 0.1) is 5.92 Å². The summed E-state index contributed by atoms with van der Waals surface area (Å²) in [5.41, 5.74) is 0.0354. The molecule has 0 radical (unpaired) electrons. The largest absolute Gasteiger partial charge is 0.394 e. The van der Waals surface area contributed by atoms with E-state index < -0.39 is 5.54 Å². The lowest BCUT2D eigenvalue weighted by Crippen LogP contribution is -2.52. The highest BCUT2D eigenvalue weighted by molar-refractivity contribution is 5.94. The molecule has 2 unspecified atom stereocenters. The minimum atomic E-state index is -0.541. The summed E-state index contributed by atoms with van der Waals surface area (Å²) >= 11 is 0. The molecule has 1 fully saturated rings. The second-order valence-electron chi connectivity index (χ2n) is 6.34. The number of carbonyl (C=O) groups is 2. The summed E-state index contributed by atoms with van der Waals surface area (Å²) in [6.07, 6.45) is 2.27. The van der Waals surface area contributed by atoms with Crippen LogP contribution in [-0.2, 0) is 4.79 Å². The van der Waals surface area contributed by atoms with E-state index in [4.69, 9.17) is 0 Å². The minimum absolute atomic E-state index is 0.0613.